The van der Waals surface area contributed by atoms with Gasteiger partial charge in [-0.15, -0.1) is 0 Å². The van der Waals surface area contributed by atoms with Crippen molar-refractivity contribution < 1.29 is 14.9 Å². The molecule has 1 atom stereocenters. The summed E-state index contributed by atoms with van der Waals surface area (Å²) in [5.41, 5.74) is 0.137. The van der Waals surface area contributed by atoms with E-state index in [2.05, 4.69) is 4.98 Å². The zero-order valence-electron chi connectivity index (χ0n) is 11.0. The van der Waals surface area contributed by atoms with Gasteiger partial charge >= 0.3 is 0 Å². The molecule has 2 rings (SSSR count). The number of nitrogens with zero attached hydrogens (tertiary/aromatic N) is 1. The SMILES string of the molecule is CCOc1cncc(C(C)(O)c2ccc(O)cc2)c1. The van der Waals surface area contributed by atoms with Crippen LogP contribution in [0.5, 0.6) is 11.5 Å². The molecule has 0 aliphatic heterocycles. The van der Waals surface area contributed by atoms with Gasteiger partial charge < -0.3 is 14.9 Å². The average molecular weight is 259 g/mol. The van der Waals surface area contributed by atoms with Gasteiger partial charge in [0.1, 0.15) is 17.1 Å². The third kappa shape index (κ3) is 2.85. The molecule has 0 radical (unpaired) electrons. The van der Waals surface area contributed by atoms with Crippen LogP contribution in [-0.4, -0.2) is 21.8 Å². The first-order valence-corrected chi connectivity index (χ1v) is 6.14. The Morgan fingerprint density at radius 1 is 1.16 bits per heavy atom. The van der Waals surface area contributed by atoms with Crippen LogP contribution in [0.15, 0.2) is 42.7 Å². The first-order valence-electron chi connectivity index (χ1n) is 6.14. The quantitative estimate of drug-likeness (QED) is 0.885. The van der Waals surface area contributed by atoms with Crippen molar-refractivity contribution in [2.24, 2.45) is 0 Å². The Morgan fingerprint density at radius 3 is 2.47 bits per heavy atom. The molecule has 4 heteroatoms. The van der Waals surface area contributed by atoms with Gasteiger partial charge in [-0.05, 0) is 37.6 Å². The third-order valence-corrected chi connectivity index (χ3v) is 3.02. The highest BCUT2D eigenvalue weighted by Crippen LogP contribution is 2.31. The van der Waals surface area contributed by atoms with E-state index in [1.807, 2.05) is 6.92 Å². The average Bonchev–Trinajstić information content (AvgIpc) is 2.40. The summed E-state index contributed by atoms with van der Waals surface area (Å²) in [7, 11) is 0. The van der Waals surface area contributed by atoms with Crippen molar-refractivity contribution in [3.63, 3.8) is 0 Å². The minimum atomic E-state index is -1.19. The highest BCUT2D eigenvalue weighted by molar-refractivity contribution is 5.38. The van der Waals surface area contributed by atoms with Gasteiger partial charge in [-0.25, -0.2) is 0 Å². The van der Waals surface area contributed by atoms with E-state index >= 15 is 0 Å². The van der Waals surface area contributed by atoms with E-state index in [0.717, 1.165) is 0 Å². The summed E-state index contributed by atoms with van der Waals surface area (Å²) in [6, 6.07) is 8.22. The molecule has 0 fully saturated rings. The maximum Gasteiger partial charge on any atom is 0.137 e. The second-order valence-electron chi connectivity index (χ2n) is 4.46. The molecule has 0 saturated heterocycles. The molecule has 1 unspecified atom stereocenters. The molecular weight excluding hydrogens is 242 g/mol. The largest absolute Gasteiger partial charge is 0.508 e. The second-order valence-corrected chi connectivity index (χ2v) is 4.46. The molecule has 4 nitrogen and oxygen atoms in total. The Morgan fingerprint density at radius 2 is 1.84 bits per heavy atom. The Kier molecular flexibility index (Phi) is 3.71. The first-order chi connectivity index (χ1) is 9.04. The predicted molar refractivity (Wildman–Crippen MR) is 72.2 cm³/mol. The lowest BCUT2D eigenvalue weighted by molar-refractivity contribution is 0.101. The van der Waals surface area contributed by atoms with Gasteiger partial charge in [0.2, 0.25) is 0 Å². The molecule has 0 aliphatic rings. The van der Waals surface area contributed by atoms with Crippen LogP contribution < -0.4 is 4.74 Å². The molecule has 2 aromatic rings. The van der Waals surface area contributed by atoms with Gasteiger partial charge in [0, 0.05) is 11.8 Å². The van der Waals surface area contributed by atoms with Crippen molar-refractivity contribution in [1.29, 1.82) is 0 Å². The normalized spacial score (nSPS) is 13.8. The molecule has 0 aliphatic carbocycles. The number of aliphatic hydroxyl groups is 1. The van der Waals surface area contributed by atoms with Gasteiger partial charge in [-0.1, -0.05) is 12.1 Å². The van der Waals surface area contributed by atoms with Gasteiger partial charge in [0.05, 0.1) is 12.8 Å². The Hall–Kier alpha value is -2.07. The van der Waals surface area contributed by atoms with Gasteiger partial charge in [0.25, 0.3) is 0 Å². The van der Waals surface area contributed by atoms with Crippen LogP contribution in [0.1, 0.15) is 25.0 Å². The van der Waals surface area contributed by atoms with E-state index in [-0.39, 0.29) is 5.75 Å². The number of phenolic OH excluding ortho intramolecular Hbond substituents is 1. The lowest BCUT2D eigenvalue weighted by atomic mass is 9.89. The van der Waals surface area contributed by atoms with Crippen LogP contribution in [-0.2, 0) is 5.60 Å². The van der Waals surface area contributed by atoms with Crippen molar-refractivity contribution in [2.75, 3.05) is 6.61 Å². The summed E-state index contributed by atoms with van der Waals surface area (Å²) in [6.45, 7) is 4.13. The van der Waals surface area contributed by atoms with Crippen LogP contribution >= 0.6 is 0 Å². The monoisotopic (exact) mass is 259 g/mol. The van der Waals surface area contributed by atoms with E-state index in [1.165, 1.54) is 0 Å². The van der Waals surface area contributed by atoms with Crippen LogP contribution in [0.4, 0.5) is 0 Å². The van der Waals surface area contributed by atoms with Crippen molar-refractivity contribution >= 4 is 0 Å². The maximum atomic E-state index is 10.7. The van der Waals surface area contributed by atoms with Crippen LogP contribution in [0.3, 0.4) is 0 Å². The summed E-state index contributed by atoms with van der Waals surface area (Å²) in [5, 5.41) is 20.0. The van der Waals surface area contributed by atoms with Crippen LogP contribution in [0.25, 0.3) is 0 Å². The molecule has 0 bridgehead atoms. The number of rotatable bonds is 4. The van der Waals surface area contributed by atoms with E-state index < -0.39 is 5.60 Å². The van der Waals surface area contributed by atoms with Crippen molar-refractivity contribution in [3.05, 3.63) is 53.9 Å². The van der Waals surface area contributed by atoms with Crippen LogP contribution in [0.2, 0.25) is 0 Å². The fraction of sp³-hybridized carbons (Fsp3) is 0.267. The van der Waals surface area contributed by atoms with E-state index in [9.17, 15) is 10.2 Å². The topological polar surface area (TPSA) is 62.6 Å². The number of aromatic hydroxyl groups is 1. The highest BCUT2D eigenvalue weighted by Gasteiger charge is 2.26. The maximum absolute atomic E-state index is 10.7. The number of phenols is 1. The standard InChI is InChI=1S/C15H17NO3/c1-3-19-14-8-12(9-16-10-14)15(2,18)11-4-6-13(17)7-5-11/h4-10,17-18H,3H2,1-2H3. The van der Waals surface area contributed by atoms with Gasteiger partial charge in [-0.3, -0.25) is 4.98 Å². The lowest BCUT2D eigenvalue weighted by Crippen LogP contribution is -2.22. The van der Waals surface area contributed by atoms with Crippen molar-refractivity contribution in [1.82, 2.24) is 4.98 Å². The van der Waals surface area contributed by atoms with Gasteiger partial charge in [-0.2, -0.15) is 0 Å². The molecule has 100 valence electrons. The van der Waals surface area contributed by atoms with E-state index in [1.54, 1.807) is 49.6 Å². The molecule has 1 heterocycles. The smallest absolute Gasteiger partial charge is 0.137 e. The number of hydrogen-bond donors (Lipinski definition) is 2. The number of hydrogen-bond acceptors (Lipinski definition) is 4. The first kappa shape index (κ1) is 13.4. The Bertz CT molecular complexity index is 550. The molecule has 0 spiro atoms. The second kappa shape index (κ2) is 5.28. The number of pyridine rings is 1. The Balaban J connectivity index is 2.37. The minimum absolute atomic E-state index is 0.167. The molecular formula is C15H17NO3. The molecule has 1 aromatic carbocycles. The third-order valence-electron chi connectivity index (χ3n) is 3.02. The van der Waals surface area contributed by atoms with E-state index in [4.69, 9.17) is 4.74 Å². The molecule has 0 saturated carbocycles. The summed E-state index contributed by atoms with van der Waals surface area (Å²) in [5.74, 6) is 0.791. The zero-order chi connectivity index (χ0) is 13.9. The molecule has 1 aromatic heterocycles. The van der Waals surface area contributed by atoms with Crippen molar-refractivity contribution in [2.45, 2.75) is 19.4 Å². The number of ether oxygens (including phenoxy) is 1. The minimum Gasteiger partial charge on any atom is -0.508 e. The van der Waals surface area contributed by atoms with Crippen LogP contribution in [0, 0.1) is 0 Å². The summed E-state index contributed by atoms with van der Waals surface area (Å²) in [4.78, 5) is 4.08. The molecule has 0 amide bonds. The zero-order valence-corrected chi connectivity index (χ0v) is 11.0. The molecule has 2 N–H and O–H groups in total. The number of benzene rings is 1. The van der Waals surface area contributed by atoms with Crippen molar-refractivity contribution in [3.8, 4) is 11.5 Å². The summed E-state index contributed by atoms with van der Waals surface area (Å²) >= 11 is 0. The Labute approximate surface area is 112 Å². The fourth-order valence-electron chi connectivity index (χ4n) is 1.88. The lowest BCUT2D eigenvalue weighted by Gasteiger charge is -2.24. The number of aromatic nitrogens is 1. The summed E-state index contributed by atoms with van der Waals surface area (Å²) in [6.07, 6.45) is 3.22. The predicted octanol–water partition coefficient (Wildman–Crippen LogP) is 2.44. The van der Waals surface area contributed by atoms with Gasteiger partial charge in [0.15, 0.2) is 0 Å². The molecule has 19 heavy (non-hydrogen) atoms. The fourth-order valence-corrected chi connectivity index (χ4v) is 1.88. The van der Waals surface area contributed by atoms with E-state index in [0.29, 0.717) is 23.5 Å². The summed E-state index contributed by atoms with van der Waals surface area (Å²) < 4.78 is 5.38. The highest BCUT2D eigenvalue weighted by atomic mass is 16.5.